The summed E-state index contributed by atoms with van der Waals surface area (Å²) < 4.78 is 0. The number of hydrogen-bond acceptors (Lipinski definition) is 6. The Morgan fingerprint density at radius 3 is 2.10 bits per heavy atom. The van der Waals surface area contributed by atoms with E-state index in [4.69, 9.17) is 0 Å². The summed E-state index contributed by atoms with van der Waals surface area (Å²) >= 11 is 0. The third-order valence-electron chi connectivity index (χ3n) is 3.27. The summed E-state index contributed by atoms with van der Waals surface area (Å²) in [6.45, 7) is 3.16. The largest absolute Gasteiger partial charge is 0.300 e. The van der Waals surface area contributed by atoms with Gasteiger partial charge in [0.2, 0.25) is 11.8 Å². The van der Waals surface area contributed by atoms with E-state index in [0.29, 0.717) is 12.8 Å². The van der Waals surface area contributed by atoms with E-state index >= 15 is 0 Å². The van der Waals surface area contributed by atoms with Gasteiger partial charge in [0.15, 0.2) is 0 Å². The highest BCUT2D eigenvalue weighted by Crippen LogP contribution is 2.14. The van der Waals surface area contributed by atoms with E-state index in [0.717, 1.165) is 12.8 Å². The zero-order valence-corrected chi connectivity index (χ0v) is 12.4. The Balaban J connectivity index is 4.48. The molecule has 0 aromatic heterocycles. The van der Waals surface area contributed by atoms with Gasteiger partial charge >= 0.3 is 0 Å². The Morgan fingerprint density at radius 1 is 1.05 bits per heavy atom. The fourth-order valence-corrected chi connectivity index (χ4v) is 2.04. The van der Waals surface area contributed by atoms with Crippen LogP contribution in [-0.4, -0.2) is 33.5 Å². The van der Waals surface area contributed by atoms with E-state index in [1.807, 2.05) is 6.92 Å². The summed E-state index contributed by atoms with van der Waals surface area (Å²) in [6.07, 6.45) is 2.16. The number of nitro groups is 2. The molecule has 0 aliphatic heterocycles. The molecule has 0 spiro atoms. The van der Waals surface area contributed by atoms with E-state index in [-0.39, 0.29) is 12.8 Å². The predicted octanol–water partition coefficient (Wildman–Crippen LogP) is 2.19. The molecule has 0 rings (SSSR count). The Hall–Kier alpha value is -1.86. The second kappa shape index (κ2) is 9.95. The maximum absolute atomic E-state index is 11.8. The second-order valence-electron chi connectivity index (χ2n) is 5.15. The zero-order valence-electron chi connectivity index (χ0n) is 12.4. The molecule has 21 heavy (non-hydrogen) atoms. The molecule has 8 heteroatoms. The number of ketones is 2. The van der Waals surface area contributed by atoms with Crippen LogP contribution in [0.3, 0.4) is 0 Å². The number of nitrogens with zero attached hydrogens (tertiary/aromatic N) is 2. The number of unbranched alkanes of at least 4 members (excludes halogenated alkanes) is 2. The summed E-state index contributed by atoms with van der Waals surface area (Å²) in [4.78, 5) is 43.1. The third-order valence-corrected chi connectivity index (χ3v) is 3.27. The molecule has 0 saturated carbocycles. The van der Waals surface area contributed by atoms with Crippen LogP contribution in [0.5, 0.6) is 0 Å². The highest BCUT2D eigenvalue weighted by Gasteiger charge is 2.32. The molecule has 0 aliphatic carbocycles. The Bertz CT molecular complexity index is 396. The van der Waals surface area contributed by atoms with Crippen LogP contribution >= 0.6 is 0 Å². The monoisotopic (exact) mass is 302 g/mol. The molecular weight excluding hydrogens is 280 g/mol. The van der Waals surface area contributed by atoms with Crippen molar-refractivity contribution in [3.05, 3.63) is 20.2 Å². The molecule has 0 amide bonds. The third kappa shape index (κ3) is 8.11. The Kier molecular flexibility index (Phi) is 9.07. The zero-order chi connectivity index (χ0) is 16.4. The van der Waals surface area contributed by atoms with Gasteiger partial charge < -0.3 is 0 Å². The molecule has 0 aliphatic rings. The number of hydrogen-bond donors (Lipinski definition) is 0. The summed E-state index contributed by atoms with van der Waals surface area (Å²) in [7, 11) is 0. The lowest BCUT2D eigenvalue weighted by atomic mass is 9.98. The van der Waals surface area contributed by atoms with Crippen molar-refractivity contribution in [2.24, 2.45) is 0 Å². The van der Waals surface area contributed by atoms with Gasteiger partial charge in [-0.05, 0) is 13.3 Å². The van der Waals surface area contributed by atoms with Crippen molar-refractivity contribution in [1.82, 2.24) is 0 Å². The standard InChI is InChI=1S/C13H22N2O6/c1-3-4-5-6-11(14(18)19)7-8-13(17)12(15(20)21)9-10(2)16/h11-12H,3-9H2,1-2H3. The first-order valence-electron chi connectivity index (χ1n) is 7.08. The minimum Gasteiger partial charge on any atom is -0.300 e. The highest BCUT2D eigenvalue weighted by molar-refractivity contribution is 5.88. The number of rotatable bonds is 12. The van der Waals surface area contributed by atoms with E-state index in [9.17, 15) is 29.8 Å². The van der Waals surface area contributed by atoms with Crippen molar-refractivity contribution in [2.75, 3.05) is 0 Å². The molecule has 0 bridgehead atoms. The van der Waals surface area contributed by atoms with Gasteiger partial charge in [-0.25, -0.2) is 0 Å². The molecule has 120 valence electrons. The van der Waals surface area contributed by atoms with Crippen LogP contribution in [0.15, 0.2) is 0 Å². The van der Waals surface area contributed by atoms with Gasteiger partial charge in [0.05, 0.1) is 6.42 Å². The van der Waals surface area contributed by atoms with Gasteiger partial charge in [0, 0.05) is 29.1 Å². The second-order valence-corrected chi connectivity index (χ2v) is 5.15. The fourth-order valence-electron chi connectivity index (χ4n) is 2.04. The topological polar surface area (TPSA) is 120 Å². The van der Waals surface area contributed by atoms with Crippen molar-refractivity contribution in [1.29, 1.82) is 0 Å². The van der Waals surface area contributed by atoms with Crippen molar-refractivity contribution in [3.8, 4) is 0 Å². The van der Waals surface area contributed by atoms with Crippen LogP contribution in [0.25, 0.3) is 0 Å². The van der Waals surface area contributed by atoms with Gasteiger partial charge in [0.25, 0.3) is 6.04 Å². The predicted molar refractivity (Wildman–Crippen MR) is 75.2 cm³/mol. The first-order valence-corrected chi connectivity index (χ1v) is 7.08. The van der Waals surface area contributed by atoms with Crippen molar-refractivity contribution < 1.29 is 19.4 Å². The molecule has 0 radical (unpaired) electrons. The lowest BCUT2D eigenvalue weighted by molar-refractivity contribution is -0.524. The summed E-state index contributed by atoms with van der Waals surface area (Å²) in [6, 6.07) is -2.43. The summed E-state index contributed by atoms with van der Waals surface area (Å²) in [5.74, 6) is -1.16. The first kappa shape index (κ1) is 19.1. The first-order chi connectivity index (χ1) is 9.79. The molecular formula is C13H22N2O6. The fraction of sp³-hybridized carbons (Fsp3) is 0.846. The van der Waals surface area contributed by atoms with Crippen LogP contribution in [0.4, 0.5) is 0 Å². The average Bonchev–Trinajstić information content (AvgIpc) is 2.38. The molecule has 0 heterocycles. The molecule has 2 unspecified atom stereocenters. The number of Topliss-reactive ketones (excluding diaryl/α,β-unsaturated/α-hetero) is 2. The molecule has 0 fully saturated rings. The van der Waals surface area contributed by atoms with Crippen LogP contribution in [0, 0.1) is 20.2 Å². The SMILES string of the molecule is CCCCCC(CCC(=O)C(CC(C)=O)[N+](=O)[O-])[N+](=O)[O-]. The highest BCUT2D eigenvalue weighted by atomic mass is 16.6. The minimum absolute atomic E-state index is 0.0161. The van der Waals surface area contributed by atoms with Gasteiger partial charge in [-0.2, -0.15) is 0 Å². The summed E-state index contributed by atoms with van der Waals surface area (Å²) in [5.41, 5.74) is 0. The molecule has 0 aromatic carbocycles. The van der Waals surface area contributed by atoms with E-state index in [1.54, 1.807) is 0 Å². The molecule has 0 saturated heterocycles. The van der Waals surface area contributed by atoms with Gasteiger partial charge in [-0.1, -0.05) is 19.8 Å². The van der Waals surface area contributed by atoms with E-state index in [2.05, 4.69) is 0 Å². The maximum atomic E-state index is 11.8. The van der Waals surface area contributed by atoms with Gasteiger partial charge in [0.1, 0.15) is 5.78 Å². The lowest BCUT2D eigenvalue weighted by Gasteiger charge is -2.10. The minimum atomic E-state index is -1.58. The Labute approximate surface area is 123 Å². The van der Waals surface area contributed by atoms with Gasteiger partial charge in [-0.15, -0.1) is 0 Å². The number of carbonyl (C=O) groups is 2. The molecule has 2 atom stereocenters. The lowest BCUT2D eigenvalue weighted by Crippen LogP contribution is -2.32. The molecule has 0 aromatic rings. The van der Waals surface area contributed by atoms with Crippen molar-refractivity contribution >= 4 is 11.6 Å². The van der Waals surface area contributed by atoms with Crippen molar-refractivity contribution in [3.63, 3.8) is 0 Å². The van der Waals surface area contributed by atoms with Crippen LogP contribution in [-0.2, 0) is 9.59 Å². The van der Waals surface area contributed by atoms with Gasteiger partial charge in [-0.3, -0.25) is 29.8 Å². The van der Waals surface area contributed by atoms with E-state index in [1.165, 1.54) is 6.92 Å². The smallest absolute Gasteiger partial charge is 0.277 e. The Morgan fingerprint density at radius 2 is 1.67 bits per heavy atom. The van der Waals surface area contributed by atoms with Crippen molar-refractivity contribution in [2.45, 2.75) is 70.9 Å². The van der Waals surface area contributed by atoms with E-state index < -0.39 is 39.9 Å². The average molecular weight is 302 g/mol. The molecule has 0 N–H and O–H groups in total. The molecule has 8 nitrogen and oxygen atoms in total. The van der Waals surface area contributed by atoms with Crippen LogP contribution in [0.2, 0.25) is 0 Å². The quantitative estimate of drug-likeness (QED) is 0.309. The van der Waals surface area contributed by atoms with Crippen LogP contribution < -0.4 is 0 Å². The summed E-state index contributed by atoms with van der Waals surface area (Å²) in [5, 5.41) is 21.7. The van der Waals surface area contributed by atoms with Crippen LogP contribution in [0.1, 0.15) is 58.8 Å². The maximum Gasteiger partial charge on any atom is 0.277 e. The normalized spacial score (nSPS) is 13.4. The number of carbonyl (C=O) groups excluding carboxylic acids is 2.